The Hall–Kier alpha value is -4.20. The number of nitrogens with zero attached hydrogens (tertiary/aromatic N) is 1. The molecule has 37 heavy (non-hydrogen) atoms. The van der Waals surface area contributed by atoms with Crippen molar-refractivity contribution in [3.63, 3.8) is 0 Å². The van der Waals surface area contributed by atoms with Gasteiger partial charge in [-0.05, 0) is 77.9 Å². The van der Waals surface area contributed by atoms with E-state index in [4.69, 9.17) is 4.74 Å². The Bertz CT molecular complexity index is 1390. The van der Waals surface area contributed by atoms with Crippen LogP contribution in [0.5, 0.6) is 0 Å². The van der Waals surface area contributed by atoms with Gasteiger partial charge in [0.05, 0.1) is 12.8 Å². The number of halogens is 1. The Morgan fingerprint density at radius 2 is 1.65 bits per heavy atom. The van der Waals surface area contributed by atoms with E-state index in [1.807, 2.05) is 52.0 Å². The summed E-state index contributed by atoms with van der Waals surface area (Å²) in [6.07, 6.45) is 0. The van der Waals surface area contributed by atoms with Crippen molar-refractivity contribution in [3.05, 3.63) is 82.7 Å². The number of rotatable bonds is 6. The SMILES string of the molecule is COC(=O)C(C(C)C)N1Cc2ccc(-c3ccc(NC(=O)Nc4ccc(C)c(C)c4)c(F)c3)cc2C1=O. The molecule has 0 saturated carbocycles. The Morgan fingerprint density at radius 1 is 0.946 bits per heavy atom. The number of ether oxygens (including phenoxy) is 1. The number of benzene rings is 3. The molecule has 0 fully saturated rings. The number of hydrogen-bond acceptors (Lipinski definition) is 4. The number of methoxy groups -OCH3 is 1. The number of carbonyl (C=O) groups excluding carboxylic acids is 3. The largest absolute Gasteiger partial charge is 0.467 e. The van der Waals surface area contributed by atoms with E-state index in [-0.39, 0.29) is 17.5 Å². The van der Waals surface area contributed by atoms with Crippen molar-refractivity contribution in [1.82, 2.24) is 4.90 Å². The number of amides is 3. The number of esters is 1. The van der Waals surface area contributed by atoms with Gasteiger partial charge in [0.1, 0.15) is 11.9 Å². The smallest absolute Gasteiger partial charge is 0.328 e. The molecular formula is C29H30FN3O4. The van der Waals surface area contributed by atoms with Crippen molar-refractivity contribution in [3.8, 4) is 11.1 Å². The number of aryl methyl sites for hydroxylation is 2. The number of anilines is 2. The van der Waals surface area contributed by atoms with E-state index < -0.39 is 23.9 Å². The van der Waals surface area contributed by atoms with Crippen LogP contribution >= 0.6 is 0 Å². The molecule has 1 unspecified atom stereocenters. The molecule has 192 valence electrons. The first kappa shape index (κ1) is 25.9. The third-order valence-electron chi connectivity index (χ3n) is 6.67. The minimum atomic E-state index is -0.689. The lowest BCUT2D eigenvalue weighted by Crippen LogP contribution is -2.45. The van der Waals surface area contributed by atoms with Gasteiger partial charge in [-0.3, -0.25) is 4.79 Å². The molecule has 1 atom stereocenters. The molecule has 1 aliphatic rings. The number of nitrogens with one attached hydrogen (secondary N) is 2. The summed E-state index contributed by atoms with van der Waals surface area (Å²) in [6, 6.07) is 14.1. The van der Waals surface area contributed by atoms with Crippen LogP contribution in [0, 0.1) is 25.6 Å². The van der Waals surface area contributed by atoms with Gasteiger partial charge in [-0.25, -0.2) is 14.0 Å². The Kier molecular flexibility index (Phi) is 7.29. The standard InChI is InChI=1S/C29H30FN3O4/c1-16(2)26(28(35)37-5)33-15-21-8-7-19(13-23(21)27(33)34)20-9-11-25(24(30)14-20)32-29(36)31-22-10-6-17(3)18(4)12-22/h6-14,16,26H,15H2,1-5H3,(H2,31,32,36). The maximum atomic E-state index is 14.9. The molecule has 0 aliphatic carbocycles. The third-order valence-corrected chi connectivity index (χ3v) is 6.67. The van der Waals surface area contributed by atoms with Gasteiger partial charge in [-0.1, -0.05) is 38.1 Å². The summed E-state index contributed by atoms with van der Waals surface area (Å²) in [5, 5.41) is 5.24. The summed E-state index contributed by atoms with van der Waals surface area (Å²) in [7, 11) is 1.31. The van der Waals surface area contributed by atoms with E-state index in [0.29, 0.717) is 28.9 Å². The summed E-state index contributed by atoms with van der Waals surface area (Å²) in [4.78, 5) is 39.4. The zero-order chi connectivity index (χ0) is 26.9. The maximum Gasteiger partial charge on any atom is 0.328 e. The van der Waals surface area contributed by atoms with Gasteiger partial charge in [0.15, 0.2) is 0 Å². The lowest BCUT2D eigenvalue weighted by Gasteiger charge is -2.28. The van der Waals surface area contributed by atoms with E-state index in [9.17, 15) is 18.8 Å². The normalized spacial score (nSPS) is 13.4. The van der Waals surface area contributed by atoms with Crippen LogP contribution in [0.4, 0.5) is 20.6 Å². The quantitative estimate of drug-likeness (QED) is 0.410. The second-order valence-corrected chi connectivity index (χ2v) is 9.59. The summed E-state index contributed by atoms with van der Waals surface area (Å²) in [5.41, 5.74) is 5.27. The van der Waals surface area contributed by atoms with Crippen molar-refractivity contribution < 1.29 is 23.5 Å². The number of fused-ring (bicyclic) bond motifs is 1. The predicted octanol–water partition coefficient (Wildman–Crippen LogP) is 5.91. The van der Waals surface area contributed by atoms with Crippen molar-refractivity contribution in [2.75, 3.05) is 17.7 Å². The maximum absolute atomic E-state index is 14.9. The highest BCUT2D eigenvalue weighted by Crippen LogP contribution is 2.32. The molecule has 3 amide bonds. The number of carbonyl (C=O) groups is 3. The molecule has 7 nitrogen and oxygen atoms in total. The van der Waals surface area contributed by atoms with Gasteiger partial charge < -0.3 is 20.3 Å². The van der Waals surface area contributed by atoms with Crippen LogP contribution in [0.15, 0.2) is 54.6 Å². The monoisotopic (exact) mass is 503 g/mol. The predicted molar refractivity (Wildman–Crippen MR) is 141 cm³/mol. The number of urea groups is 1. The highest BCUT2D eigenvalue weighted by molar-refractivity contribution is 6.02. The molecule has 2 N–H and O–H groups in total. The highest BCUT2D eigenvalue weighted by Gasteiger charge is 2.38. The molecular weight excluding hydrogens is 473 g/mol. The minimum Gasteiger partial charge on any atom is -0.467 e. The highest BCUT2D eigenvalue weighted by atomic mass is 19.1. The fourth-order valence-electron chi connectivity index (χ4n) is 4.51. The van der Waals surface area contributed by atoms with E-state index in [1.54, 1.807) is 18.2 Å². The van der Waals surface area contributed by atoms with Crippen LogP contribution in [0.3, 0.4) is 0 Å². The van der Waals surface area contributed by atoms with E-state index in [1.165, 1.54) is 24.1 Å². The Balaban J connectivity index is 1.51. The van der Waals surface area contributed by atoms with Crippen molar-refractivity contribution in [1.29, 1.82) is 0 Å². The average molecular weight is 504 g/mol. The van der Waals surface area contributed by atoms with Gasteiger partial charge >= 0.3 is 12.0 Å². The summed E-state index contributed by atoms with van der Waals surface area (Å²) >= 11 is 0. The van der Waals surface area contributed by atoms with Crippen LogP contribution in [-0.4, -0.2) is 36.0 Å². The minimum absolute atomic E-state index is 0.0337. The molecule has 0 aromatic heterocycles. The van der Waals surface area contributed by atoms with E-state index in [0.717, 1.165) is 16.7 Å². The second kappa shape index (κ2) is 10.4. The second-order valence-electron chi connectivity index (χ2n) is 9.59. The van der Waals surface area contributed by atoms with Crippen LogP contribution in [0.2, 0.25) is 0 Å². The van der Waals surface area contributed by atoms with Crippen molar-refractivity contribution >= 4 is 29.3 Å². The fraction of sp³-hybridized carbons (Fsp3) is 0.276. The van der Waals surface area contributed by atoms with Gasteiger partial charge in [0.2, 0.25) is 0 Å². The summed E-state index contributed by atoms with van der Waals surface area (Å²) in [5.74, 6) is -1.44. The van der Waals surface area contributed by atoms with Crippen LogP contribution in [-0.2, 0) is 16.1 Å². The molecule has 3 aromatic carbocycles. The molecule has 0 spiro atoms. The molecule has 4 rings (SSSR count). The molecule has 3 aromatic rings. The fourth-order valence-corrected chi connectivity index (χ4v) is 4.51. The van der Waals surface area contributed by atoms with Crippen molar-refractivity contribution in [2.45, 2.75) is 40.3 Å². The van der Waals surface area contributed by atoms with Gasteiger partial charge in [-0.15, -0.1) is 0 Å². The number of hydrogen-bond donors (Lipinski definition) is 2. The van der Waals surface area contributed by atoms with Crippen LogP contribution < -0.4 is 10.6 Å². The van der Waals surface area contributed by atoms with Gasteiger partial charge in [-0.2, -0.15) is 0 Å². The molecule has 0 bridgehead atoms. The molecule has 8 heteroatoms. The first-order valence-corrected chi connectivity index (χ1v) is 12.1. The summed E-state index contributed by atoms with van der Waals surface area (Å²) < 4.78 is 19.8. The Labute approximate surface area is 215 Å². The van der Waals surface area contributed by atoms with Crippen LogP contribution in [0.25, 0.3) is 11.1 Å². The molecule has 1 heterocycles. The Morgan fingerprint density at radius 3 is 2.30 bits per heavy atom. The van der Waals surface area contributed by atoms with Gasteiger partial charge in [0.25, 0.3) is 5.91 Å². The van der Waals surface area contributed by atoms with E-state index >= 15 is 0 Å². The first-order valence-electron chi connectivity index (χ1n) is 12.1. The van der Waals surface area contributed by atoms with Crippen molar-refractivity contribution in [2.24, 2.45) is 5.92 Å². The summed E-state index contributed by atoms with van der Waals surface area (Å²) in [6.45, 7) is 7.96. The lowest BCUT2D eigenvalue weighted by molar-refractivity contribution is -0.147. The zero-order valence-electron chi connectivity index (χ0n) is 21.5. The molecule has 1 aliphatic heterocycles. The lowest BCUT2D eigenvalue weighted by atomic mass is 10.00. The first-order chi connectivity index (χ1) is 17.6. The van der Waals surface area contributed by atoms with E-state index in [2.05, 4.69) is 10.6 Å². The average Bonchev–Trinajstić information content (AvgIpc) is 3.17. The molecule has 0 saturated heterocycles. The third kappa shape index (κ3) is 5.33. The molecule has 0 radical (unpaired) electrons. The van der Waals surface area contributed by atoms with Gasteiger partial charge in [0, 0.05) is 17.8 Å². The topological polar surface area (TPSA) is 87.7 Å². The zero-order valence-corrected chi connectivity index (χ0v) is 21.5. The van der Waals surface area contributed by atoms with Crippen LogP contribution in [0.1, 0.15) is 40.9 Å².